The molecule has 2 aliphatic carbocycles. The minimum Gasteiger partial charge on any atom is -0.333 e. The van der Waals surface area contributed by atoms with Crippen LogP contribution in [0.2, 0.25) is 0 Å². The van der Waals surface area contributed by atoms with Crippen LogP contribution in [0, 0.1) is 11.6 Å². The lowest BCUT2D eigenvalue weighted by Crippen LogP contribution is -2.42. The molecular formula is C74H80F8N8O4S2. The molecule has 96 heavy (non-hydrogen) atoms. The molecule has 0 N–H and O–H groups in total. The highest BCUT2D eigenvalue weighted by molar-refractivity contribution is 7.98. The Labute approximate surface area is 589 Å². The molecule has 0 spiro atoms. The quantitative estimate of drug-likeness (QED) is 0.0295. The van der Waals surface area contributed by atoms with E-state index in [4.69, 9.17) is 16.4 Å². The Bertz CT molecular complexity index is 4600. The van der Waals surface area contributed by atoms with E-state index in [9.17, 15) is 62.5 Å². The molecule has 22 heteroatoms. The summed E-state index contributed by atoms with van der Waals surface area (Å²) < 4.78 is 268. The summed E-state index contributed by atoms with van der Waals surface area (Å²) in [6.45, 7) is -22.1. The van der Waals surface area contributed by atoms with E-state index in [1.807, 2.05) is 0 Å². The number of nitrogens with zero attached hydrogens (tertiary/aromatic N) is 8. The zero-order chi connectivity index (χ0) is 85.0. The minimum absolute atomic E-state index is 0.0136. The molecule has 0 saturated heterocycles. The van der Waals surface area contributed by atoms with Crippen molar-refractivity contribution in [2.75, 3.05) is 52.0 Å². The molecule has 12 nitrogen and oxygen atoms in total. The van der Waals surface area contributed by atoms with Gasteiger partial charge in [0.15, 0.2) is 10.3 Å². The van der Waals surface area contributed by atoms with Crippen molar-refractivity contribution in [2.45, 2.75) is 139 Å². The first-order valence-corrected chi connectivity index (χ1v) is 32.1. The first-order chi connectivity index (χ1) is 52.3. The molecule has 0 fully saturated rings. The maximum atomic E-state index is 14.8. The lowest BCUT2D eigenvalue weighted by Gasteiger charge is -2.33. The predicted molar refractivity (Wildman–Crippen MR) is 363 cm³/mol. The van der Waals surface area contributed by atoms with E-state index in [-0.39, 0.29) is 52.5 Å². The number of alkyl halides is 6. The van der Waals surface area contributed by atoms with Crippen LogP contribution in [0.4, 0.5) is 35.1 Å². The van der Waals surface area contributed by atoms with Gasteiger partial charge in [-0.05, 0) is 171 Å². The zero-order valence-electron chi connectivity index (χ0n) is 71.0. The first-order valence-electron chi connectivity index (χ1n) is 39.2. The van der Waals surface area contributed by atoms with Crippen LogP contribution < -0.4 is 11.1 Å². The number of carbonyl (C=O) groups is 2. The van der Waals surface area contributed by atoms with E-state index < -0.39 is 135 Å². The Morgan fingerprint density at radius 2 is 0.802 bits per heavy atom. The minimum atomic E-state index is -4.56. The number of rotatable bonds is 26. The molecular weight excluding hydrogens is 1280 g/mol. The molecule has 2 unspecified atom stereocenters. The van der Waals surface area contributed by atoms with E-state index in [1.54, 1.807) is 0 Å². The molecule has 0 radical (unpaired) electrons. The van der Waals surface area contributed by atoms with Crippen LogP contribution >= 0.6 is 23.5 Å². The van der Waals surface area contributed by atoms with Crippen LogP contribution in [0.3, 0.4) is 0 Å². The van der Waals surface area contributed by atoms with Crippen LogP contribution in [0.5, 0.6) is 0 Å². The van der Waals surface area contributed by atoms with Crippen LogP contribution in [0.25, 0.3) is 22.3 Å². The Morgan fingerprint density at radius 1 is 0.490 bits per heavy atom. The molecule has 0 aliphatic heterocycles. The summed E-state index contributed by atoms with van der Waals surface area (Å²) in [6, 6.07) is 25.7. The molecule has 8 aromatic rings. The Morgan fingerprint density at radius 3 is 1.10 bits per heavy atom. The molecule has 2 aromatic heterocycles. The molecule has 508 valence electrons. The molecule has 10 rings (SSSR count). The Hall–Kier alpha value is -7.92. The smallest absolute Gasteiger partial charge is 0.333 e. The van der Waals surface area contributed by atoms with Gasteiger partial charge in [0, 0.05) is 76.5 Å². The second kappa shape index (κ2) is 32.9. The van der Waals surface area contributed by atoms with Gasteiger partial charge in [0.05, 0.1) is 31.4 Å². The Balaban J connectivity index is 0.000000261. The topological polar surface area (TPSA) is 117 Å². The number of carbonyl (C=O) groups excluding carboxylic acids is 2. The predicted octanol–water partition coefficient (Wildman–Crippen LogP) is 15.6. The summed E-state index contributed by atoms with van der Waals surface area (Å²) in [7, 11) is 0. The van der Waals surface area contributed by atoms with Crippen molar-refractivity contribution < 1.29 is 69.4 Å². The molecule has 2 atom stereocenters. The molecule has 2 aliphatic rings. The van der Waals surface area contributed by atoms with Gasteiger partial charge in [0.25, 0.3) is 11.1 Å². The average molecular weight is 1380 g/mol. The van der Waals surface area contributed by atoms with E-state index >= 15 is 0 Å². The van der Waals surface area contributed by atoms with Crippen molar-refractivity contribution in [3.05, 3.63) is 234 Å². The van der Waals surface area contributed by atoms with Gasteiger partial charge in [-0.1, -0.05) is 148 Å². The highest BCUT2D eigenvalue weighted by Crippen LogP contribution is 2.36. The summed E-state index contributed by atoms with van der Waals surface area (Å²) >= 11 is 2.09. The fourth-order valence-electron chi connectivity index (χ4n) is 10.7. The monoisotopic (exact) mass is 1380 g/mol. The summed E-state index contributed by atoms with van der Waals surface area (Å²) in [5.41, 5.74) is 1.44. The van der Waals surface area contributed by atoms with Crippen molar-refractivity contribution in [3.8, 4) is 22.3 Å². The lowest BCUT2D eigenvalue weighted by molar-refractivity contribution is -0.138. The number of hydrogen-bond donors (Lipinski definition) is 0. The standard InChI is InChI=1S/2C37H40F4N4O2S/c2*1-4-43(5-2)21-22-44(25(3)27-11-13-28(14-12-27)29-15-17-30(18-16-29)37(39,40)41)34(46)23-45-33-8-6-7-32(33)35(47)42-36(45)48-24-26-9-19-31(38)20-10-26/h2*9-20,25H,4-8,21-24H2,1-3H3/i2*4D2,5D2,21D2,22D2,25D. The van der Waals surface area contributed by atoms with Gasteiger partial charge >= 0.3 is 12.4 Å². The summed E-state index contributed by atoms with van der Waals surface area (Å²) in [6.07, 6.45) is -6.69. The van der Waals surface area contributed by atoms with E-state index in [2.05, 4.69) is 9.97 Å². The summed E-state index contributed by atoms with van der Waals surface area (Å²) in [5, 5.41) is 0.0941. The Kier molecular flexibility index (Phi) is 17.6. The average Bonchev–Trinajstić information content (AvgIpc) is 0.785. The van der Waals surface area contributed by atoms with Gasteiger partial charge in [-0.2, -0.15) is 36.3 Å². The fourth-order valence-corrected chi connectivity index (χ4v) is 12.6. The molecule has 6 aromatic carbocycles. The van der Waals surface area contributed by atoms with Crippen LogP contribution in [-0.2, 0) is 72.2 Å². The zero-order valence-corrected chi connectivity index (χ0v) is 54.6. The summed E-state index contributed by atoms with van der Waals surface area (Å²) in [5.74, 6) is -2.97. The second-order valence-electron chi connectivity index (χ2n) is 21.9. The third kappa shape index (κ3) is 18.4. The van der Waals surface area contributed by atoms with Crippen LogP contribution in [0.1, 0.15) is 147 Å². The van der Waals surface area contributed by atoms with Gasteiger partial charge < -0.3 is 28.7 Å². The third-order valence-corrected chi connectivity index (χ3v) is 18.0. The van der Waals surface area contributed by atoms with Gasteiger partial charge in [0.1, 0.15) is 24.7 Å². The van der Waals surface area contributed by atoms with E-state index in [0.717, 1.165) is 89.3 Å². The molecule has 0 saturated carbocycles. The number of aromatic nitrogens is 4. The van der Waals surface area contributed by atoms with Crippen LogP contribution in [0.15, 0.2) is 165 Å². The SMILES string of the molecule is [2H]C([2H])(C)N(C([2H])([2H])C)C([2H])([2H])C([2H])([2H])N(C(=O)Cn1c(SCc2ccc(F)cc2)nc(=O)c2c1CCC2)C([2H])(C)c1ccc(-c2ccc(C(F)(F)F)cc2)cc1.[2H]C([2H])(C)N(C([2H])([2H])C)C([2H])([2H])C([2H])([2H])N(C(=O)Cn1c(SCc2ccc(F)cc2)nc(=O)c2c1CCC2)C([2H])(C)c1ccc(-c2ccc(C(F)(F)F)cc2)cc1. The van der Waals surface area contributed by atoms with Crippen molar-refractivity contribution in [1.29, 1.82) is 0 Å². The lowest BCUT2D eigenvalue weighted by atomic mass is 9.99. The van der Waals surface area contributed by atoms with E-state index in [0.29, 0.717) is 94.4 Å². The summed E-state index contributed by atoms with van der Waals surface area (Å²) in [4.78, 5) is 64.9. The molecule has 0 bridgehead atoms. The van der Waals surface area contributed by atoms with Crippen molar-refractivity contribution >= 4 is 35.3 Å². The van der Waals surface area contributed by atoms with Gasteiger partial charge in [-0.3, -0.25) is 19.2 Å². The maximum Gasteiger partial charge on any atom is 0.416 e. The number of benzene rings is 6. The number of amides is 2. The van der Waals surface area contributed by atoms with Crippen molar-refractivity contribution in [1.82, 2.24) is 38.7 Å². The largest absolute Gasteiger partial charge is 0.416 e. The van der Waals surface area contributed by atoms with Crippen LogP contribution in [-0.4, -0.2) is 102 Å². The van der Waals surface area contributed by atoms with Gasteiger partial charge in [-0.25, -0.2) is 8.78 Å². The van der Waals surface area contributed by atoms with Gasteiger partial charge in [0.2, 0.25) is 11.8 Å². The highest BCUT2D eigenvalue weighted by Gasteiger charge is 2.33. The van der Waals surface area contributed by atoms with E-state index in [1.165, 1.54) is 130 Å². The fraction of sp³-hybridized carbons (Fsp3) is 0.378. The number of halogens is 8. The van der Waals surface area contributed by atoms with Gasteiger partial charge in [-0.15, -0.1) is 0 Å². The number of fused-ring (bicyclic) bond motifs is 2. The van der Waals surface area contributed by atoms with Crippen molar-refractivity contribution in [2.24, 2.45) is 0 Å². The molecule has 2 amide bonds. The third-order valence-electron chi connectivity index (χ3n) is 15.9. The maximum absolute atomic E-state index is 14.8. The number of thioether (sulfide) groups is 2. The normalized spacial score (nSPS) is 18.1. The number of likely N-dealkylation sites (N-methyl/N-ethyl adjacent to an activating group) is 2. The molecule has 2 heterocycles. The number of hydrogen-bond acceptors (Lipinski definition) is 10. The highest BCUT2D eigenvalue weighted by atomic mass is 32.2. The van der Waals surface area contributed by atoms with Crippen molar-refractivity contribution in [3.63, 3.8) is 0 Å². The first kappa shape index (κ1) is 51.3. The second-order valence-corrected chi connectivity index (χ2v) is 23.8.